The van der Waals surface area contributed by atoms with Crippen molar-refractivity contribution in [1.29, 1.82) is 0 Å². The van der Waals surface area contributed by atoms with Gasteiger partial charge in [0, 0.05) is 16.1 Å². The molecule has 2 aromatic carbocycles. The van der Waals surface area contributed by atoms with E-state index in [-0.39, 0.29) is 16.9 Å². The molecule has 0 aliphatic carbocycles. The van der Waals surface area contributed by atoms with E-state index in [0.717, 1.165) is 0 Å². The van der Waals surface area contributed by atoms with Gasteiger partial charge in [-0.15, -0.1) is 0 Å². The molecule has 0 saturated heterocycles. The van der Waals surface area contributed by atoms with Gasteiger partial charge in [-0.3, -0.25) is 14.9 Å². The summed E-state index contributed by atoms with van der Waals surface area (Å²) < 4.78 is 5.65. The standard InChI is InChI=1S/C17H15NO5/c1-16(11-18(21)22)17(20,13-9-5-6-10-14(13)23-16)15(19)12-7-3-2-4-8-12/h2-10,20H,11H2,1H3/t16?,17-/m0/s1. The number of Topliss-reactive ketones (excluding diaryl/α,β-unsaturated/α-hetero) is 1. The van der Waals surface area contributed by atoms with E-state index in [9.17, 15) is 20.0 Å². The summed E-state index contributed by atoms with van der Waals surface area (Å²) in [6, 6.07) is 14.7. The Hall–Kier alpha value is -2.73. The second kappa shape index (κ2) is 5.17. The molecule has 118 valence electrons. The van der Waals surface area contributed by atoms with Crippen LogP contribution in [-0.2, 0) is 5.60 Å². The van der Waals surface area contributed by atoms with Crippen LogP contribution in [0.4, 0.5) is 0 Å². The first-order valence-corrected chi connectivity index (χ1v) is 7.11. The number of hydrogen-bond acceptors (Lipinski definition) is 5. The number of nitro groups is 1. The molecule has 2 aromatic rings. The van der Waals surface area contributed by atoms with Crippen molar-refractivity contribution in [3.8, 4) is 5.75 Å². The minimum Gasteiger partial charge on any atom is -0.476 e. The Kier molecular flexibility index (Phi) is 3.41. The summed E-state index contributed by atoms with van der Waals surface area (Å²) in [5, 5.41) is 22.3. The van der Waals surface area contributed by atoms with Crippen molar-refractivity contribution in [3.63, 3.8) is 0 Å². The third-order valence-electron chi connectivity index (χ3n) is 4.17. The first-order chi connectivity index (χ1) is 10.9. The number of hydrogen-bond donors (Lipinski definition) is 1. The summed E-state index contributed by atoms with van der Waals surface area (Å²) in [4.78, 5) is 23.4. The molecule has 23 heavy (non-hydrogen) atoms. The van der Waals surface area contributed by atoms with Crippen LogP contribution in [0.5, 0.6) is 5.75 Å². The predicted molar refractivity (Wildman–Crippen MR) is 82.0 cm³/mol. The van der Waals surface area contributed by atoms with E-state index in [2.05, 4.69) is 0 Å². The Balaban J connectivity index is 2.18. The van der Waals surface area contributed by atoms with Crippen LogP contribution in [0.3, 0.4) is 0 Å². The lowest BCUT2D eigenvalue weighted by Gasteiger charge is -2.33. The van der Waals surface area contributed by atoms with E-state index in [4.69, 9.17) is 4.74 Å². The second-order valence-corrected chi connectivity index (χ2v) is 5.73. The maximum Gasteiger partial charge on any atom is 0.246 e. The maximum absolute atomic E-state index is 13.0. The fraction of sp³-hybridized carbons (Fsp3) is 0.235. The number of aliphatic hydroxyl groups is 1. The molecule has 1 aliphatic heterocycles. The highest BCUT2D eigenvalue weighted by Crippen LogP contribution is 2.49. The molecule has 0 radical (unpaired) electrons. The SMILES string of the molecule is CC1(C[N+](=O)[O-])Oc2ccccc2[C@]1(O)C(=O)c1ccccc1. The summed E-state index contributed by atoms with van der Waals surface area (Å²) in [5.74, 6) is -0.337. The number of ether oxygens (including phenoxy) is 1. The molecule has 2 atom stereocenters. The van der Waals surface area contributed by atoms with E-state index in [0.29, 0.717) is 0 Å². The van der Waals surface area contributed by atoms with Gasteiger partial charge in [0.2, 0.25) is 23.5 Å². The lowest BCUT2D eigenvalue weighted by atomic mass is 9.75. The Labute approximate surface area is 132 Å². The summed E-state index contributed by atoms with van der Waals surface area (Å²) in [7, 11) is 0. The van der Waals surface area contributed by atoms with Crippen LogP contribution in [0, 0.1) is 10.1 Å². The maximum atomic E-state index is 13.0. The zero-order valence-corrected chi connectivity index (χ0v) is 12.4. The van der Waals surface area contributed by atoms with Crippen LogP contribution in [0.25, 0.3) is 0 Å². The first-order valence-electron chi connectivity index (χ1n) is 7.11. The van der Waals surface area contributed by atoms with E-state index in [1.54, 1.807) is 54.6 Å². The molecule has 1 N–H and O–H groups in total. The van der Waals surface area contributed by atoms with Crippen molar-refractivity contribution in [2.24, 2.45) is 0 Å². The zero-order chi connectivity index (χ0) is 16.7. The summed E-state index contributed by atoms with van der Waals surface area (Å²) >= 11 is 0. The van der Waals surface area contributed by atoms with Gasteiger partial charge < -0.3 is 9.84 Å². The Morgan fingerprint density at radius 2 is 1.78 bits per heavy atom. The molecule has 0 spiro atoms. The average Bonchev–Trinajstić information content (AvgIpc) is 2.75. The van der Waals surface area contributed by atoms with Crippen molar-refractivity contribution < 1.29 is 19.6 Å². The first kappa shape index (κ1) is 15.2. The number of para-hydroxylation sites is 1. The minimum atomic E-state index is -2.13. The van der Waals surface area contributed by atoms with Crippen LogP contribution in [0.1, 0.15) is 22.8 Å². The average molecular weight is 313 g/mol. The monoisotopic (exact) mass is 313 g/mol. The second-order valence-electron chi connectivity index (χ2n) is 5.73. The van der Waals surface area contributed by atoms with Gasteiger partial charge in [-0.05, 0) is 13.0 Å². The van der Waals surface area contributed by atoms with Gasteiger partial charge in [0.05, 0.1) is 0 Å². The molecule has 0 amide bonds. The van der Waals surface area contributed by atoms with Crippen molar-refractivity contribution >= 4 is 5.78 Å². The van der Waals surface area contributed by atoms with Gasteiger partial charge in [0.1, 0.15) is 5.75 Å². The molecular formula is C17H15NO5. The van der Waals surface area contributed by atoms with Crippen LogP contribution < -0.4 is 4.74 Å². The molecule has 0 saturated carbocycles. The third-order valence-corrected chi connectivity index (χ3v) is 4.17. The number of nitrogens with zero attached hydrogens (tertiary/aromatic N) is 1. The fourth-order valence-electron chi connectivity index (χ4n) is 3.01. The lowest BCUT2D eigenvalue weighted by Crippen LogP contribution is -2.58. The fourth-order valence-corrected chi connectivity index (χ4v) is 3.01. The molecule has 3 rings (SSSR count). The quantitative estimate of drug-likeness (QED) is 0.531. The number of fused-ring (bicyclic) bond motifs is 1. The van der Waals surface area contributed by atoms with Gasteiger partial charge in [0.15, 0.2) is 0 Å². The molecule has 0 fully saturated rings. The Morgan fingerprint density at radius 1 is 1.17 bits per heavy atom. The van der Waals surface area contributed by atoms with Crippen LogP contribution in [0.2, 0.25) is 0 Å². The van der Waals surface area contributed by atoms with Crippen molar-refractivity contribution in [1.82, 2.24) is 0 Å². The lowest BCUT2D eigenvalue weighted by molar-refractivity contribution is -0.502. The molecule has 1 aliphatic rings. The molecule has 6 heteroatoms. The van der Waals surface area contributed by atoms with Gasteiger partial charge >= 0.3 is 0 Å². The van der Waals surface area contributed by atoms with Gasteiger partial charge in [0.25, 0.3) is 0 Å². The van der Waals surface area contributed by atoms with Crippen LogP contribution >= 0.6 is 0 Å². The van der Waals surface area contributed by atoms with Crippen molar-refractivity contribution in [2.45, 2.75) is 18.1 Å². The minimum absolute atomic E-state index is 0.248. The van der Waals surface area contributed by atoms with Crippen LogP contribution in [-0.4, -0.2) is 28.0 Å². The largest absolute Gasteiger partial charge is 0.476 e. The topological polar surface area (TPSA) is 89.7 Å². The number of carbonyl (C=O) groups is 1. The van der Waals surface area contributed by atoms with E-state index >= 15 is 0 Å². The highest BCUT2D eigenvalue weighted by molar-refractivity contribution is 6.04. The van der Waals surface area contributed by atoms with Gasteiger partial charge in [-0.25, -0.2) is 0 Å². The number of ketones is 1. The predicted octanol–water partition coefficient (Wildman–Crippen LogP) is 2.18. The normalized spacial score (nSPS) is 25.5. The highest BCUT2D eigenvalue weighted by Gasteiger charge is 2.64. The van der Waals surface area contributed by atoms with Crippen molar-refractivity contribution in [3.05, 3.63) is 75.8 Å². The Bertz CT molecular complexity index is 776. The number of rotatable bonds is 4. The molecular weight excluding hydrogens is 298 g/mol. The smallest absolute Gasteiger partial charge is 0.246 e. The summed E-state index contributed by atoms with van der Waals surface area (Å²) in [5.41, 5.74) is -3.30. The van der Waals surface area contributed by atoms with Crippen LogP contribution in [0.15, 0.2) is 54.6 Å². The third kappa shape index (κ3) is 2.19. The molecule has 6 nitrogen and oxygen atoms in total. The number of carbonyl (C=O) groups excluding carboxylic acids is 1. The molecule has 0 aromatic heterocycles. The summed E-state index contributed by atoms with van der Waals surface area (Å²) in [6.07, 6.45) is 0. The van der Waals surface area contributed by atoms with E-state index in [1.807, 2.05) is 0 Å². The van der Waals surface area contributed by atoms with Gasteiger partial charge in [-0.2, -0.15) is 0 Å². The Morgan fingerprint density at radius 3 is 2.43 bits per heavy atom. The van der Waals surface area contributed by atoms with E-state index < -0.39 is 28.5 Å². The molecule has 1 unspecified atom stereocenters. The zero-order valence-electron chi connectivity index (χ0n) is 12.4. The molecule has 1 heterocycles. The number of benzene rings is 2. The molecule has 0 bridgehead atoms. The van der Waals surface area contributed by atoms with Crippen molar-refractivity contribution in [2.75, 3.05) is 6.54 Å². The van der Waals surface area contributed by atoms with Gasteiger partial charge in [-0.1, -0.05) is 48.5 Å². The highest BCUT2D eigenvalue weighted by atomic mass is 16.6. The summed E-state index contributed by atoms with van der Waals surface area (Å²) in [6.45, 7) is 0.688. The van der Waals surface area contributed by atoms with E-state index in [1.165, 1.54) is 6.92 Å².